The molecular weight excluding hydrogens is 298 g/mol. The first-order chi connectivity index (χ1) is 10.7. The van der Waals surface area contributed by atoms with E-state index in [2.05, 4.69) is 11.4 Å². The number of rotatable bonds is 7. The van der Waals surface area contributed by atoms with E-state index >= 15 is 0 Å². The lowest BCUT2D eigenvalue weighted by Gasteiger charge is -2.07. The topological polar surface area (TPSA) is 47.6 Å². The number of thiophene rings is 1. The number of carbonyl (C=O) groups is 1. The summed E-state index contributed by atoms with van der Waals surface area (Å²) in [5.41, 5.74) is 0.801. The van der Waals surface area contributed by atoms with Gasteiger partial charge in [0.2, 0.25) is 5.91 Å². The minimum absolute atomic E-state index is 0.124. The lowest BCUT2D eigenvalue weighted by molar-refractivity contribution is -0.116. The van der Waals surface area contributed by atoms with Crippen molar-refractivity contribution in [1.29, 1.82) is 0 Å². The van der Waals surface area contributed by atoms with Gasteiger partial charge in [-0.15, -0.1) is 11.3 Å². The van der Waals surface area contributed by atoms with Crippen LogP contribution in [0.4, 0.5) is 0 Å². The molecule has 0 bridgehead atoms. The molecule has 0 radical (unpaired) electrons. The highest BCUT2D eigenvalue weighted by Crippen LogP contribution is 2.24. The molecule has 1 amide bonds. The second-order valence-electron chi connectivity index (χ2n) is 4.56. The van der Waals surface area contributed by atoms with E-state index in [1.54, 1.807) is 31.6 Å². The molecule has 0 saturated carbocycles. The van der Waals surface area contributed by atoms with Crippen LogP contribution in [0.15, 0.2) is 41.8 Å². The van der Waals surface area contributed by atoms with E-state index in [0.717, 1.165) is 17.7 Å². The van der Waals surface area contributed by atoms with Crippen molar-refractivity contribution in [2.45, 2.75) is 6.42 Å². The van der Waals surface area contributed by atoms with Gasteiger partial charge in [0, 0.05) is 23.1 Å². The van der Waals surface area contributed by atoms with Crippen LogP contribution in [0.1, 0.15) is 10.4 Å². The SMILES string of the molecule is COc1ccc(OC)c(/C=C/C(=O)NCCc2cccs2)c1. The van der Waals surface area contributed by atoms with E-state index < -0.39 is 0 Å². The minimum atomic E-state index is -0.124. The second-order valence-corrected chi connectivity index (χ2v) is 5.59. The largest absolute Gasteiger partial charge is 0.497 e. The van der Waals surface area contributed by atoms with Crippen LogP contribution in [0.25, 0.3) is 6.08 Å². The van der Waals surface area contributed by atoms with E-state index in [4.69, 9.17) is 9.47 Å². The molecule has 0 atom stereocenters. The van der Waals surface area contributed by atoms with Gasteiger partial charge < -0.3 is 14.8 Å². The van der Waals surface area contributed by atoms with Gasteiger partial charge in [-0.25, -0.2) is 0 Å². The molecule has 116 valence electrons. The van der Waals surface area contributed by atoms with Crippen molar-refractivity contribution < 1.29 is 14.3 Å². The van der Waals surface area contributed by atoms with Crippen LogP contribution >= 0.6 is 11.3 Å². The lowest BCUT2D eigenvalue weighted by atomic mass is 10.1. The van der Waals surface area contributed by atoms with Gasteiger partial charge in [0.05, 0.1) is 14.2 Å². The molecule has 1 N–H and O–H groups in total. The van der Waals surface area contributed by atoms with Crippen molar-refractivity contribution in [2.24, 2.45) is 0 Å². The molecule has 0 aliphatic rings. The van der Waals surface area contributed by atoms with Crippen LogP contribution in [0.2, 0.25) is 0 Å². The number of methoxy groups -OCH3 is 2. The summed E-state index contributed by atoms with van der Waals surface area (Å²) in [7, 11) is 3.20. The van der Waals surface area contributed by atoms with Crippen molar-refractivity contribution in [3.63, 3.8) is 0 Å². The van der Waals surface area contributed by atoms with Crippen molar-refractivity contribution in [3.8, 4) is 11.5 Å². The fourth-order valence-electron chi connectivity index (χ4n) is 1.96. The summed E-state index contributed by atoms with van der Waals surface area (Å²) >= 11 is 1.69. The normalized spacial score (nSPS) is 10.6. The third kappa shape index (κ3) is 4.63. The van der Waals surface area contributed by atoms with Gasteiger partial charge in [0.25, 0.3) is 0 Å². The molecule has 0 fully saturated rings. The number of benzene rings is 1. The van der Waals surface area contributed by atoms with Crippen LogP contribution in [-0.4, -0.2) is 26.7 Å². The Morgan fingerprint density at radius 3 is 2.82 bits per heavy atom. The van der Waals surface area contributed by atoms with E-state index in [-0.39, 0.29) is 5.91 Å². The first-order valence-electron chi connectivity index (χ1n) is 6.93. The van der Waals surface area contributed by atoms with Gasteiger partial charge in [0.1, 0.15) is 11.5 Å². The van der Waals surface area contributed by atoms with Crippen molar-refractivity contribution in [3.05, 3.63) is 52.2 Å². The number of carbonyl (C=O) groups excluding carboxylic acids is 1. The molecule has 0 spiro atoms. The summed E-state index contributed by atoms with van der Waals surface area (Å²) in [4.78, 5) is 13.1. The Morgan fingerprint density at radius 2 is 2.14 bits per heavy atom. The molecule has 1 aromatic heterocycles. The molecule has 2 aromatic rings. The smallest absolute Gasteiger partial charge is 0.244 e. The Kier molecular flexibility index (Phi) is 6.03. The van der Waals surface area contributed by atoms with E-state index in [9.17, 15) is 4.79 Å². The predicted octanol–water partition coefficient (Wildman–Crippen LogP) is 3.14. The molecule has 0 aliphatic heterocycles. The third-order valence-corrected chi connectivity index (χ3v) is 4.04. The molecule has 1 heterocycles. The summed E-state index contributed by atoms with van der Waals surface area (Å²) in [6.45, 7) is 0.624. The number of hydrogen-bond donors (Lipinski definition) is 1. The zero-order valence-electron chi connectivity index (χ0n) is 12.7. The summed E-state index contributed by atoms with van der Waals surface area (Å²) in [5, 5.41) is 4.90. The number of ether oxygens (including phenoxy) is 2. The Bertz CT molecular complexity index is 635. The highest BCUT2D eigenvalue weighted by atomic mass is 32.1. The maximum Gasteiger partial charge on any atom is 0.244 e. The molecule has 22 heavy (non-hydrogen) atoms. The van der Waals surface area contributed by atoms with Gasteiger partial charge in [0.15, 0.2) is 0 Å². The first kappa shape index (κ1) is 16.1. The van der Waals surface area contributed by atoms with Gasteiger partial charge in [-0.2, -0.15) is 0 Å². The summed E-state index contributed by atoms with van der Waals surface area (Å²) in [5.74, 6) is 1.29. The maximum atomic E-state index is 11.8. The van der Waals surface area contributed by atoms with Crippen LogP contribution < -0.4 is 14.8 Å². The van der Waals surface area contributed by atoms with Crippen LogP contribution in [0, 0.1) is 0 Å². The fraction of sp³-hybridized carbons (Fsp3) is 0.235. The zero-order chi connectivity index (χ0) is 15.8. The van der Waals surface area contributed by atoms with E-state index in [0.29, 0.717) is 12.3 Å². The Labute approximate surface area is 134 Å². The Morgan fingerprint density at radius 1 is 1.27 bits per heavy atom. The molecule has 4 nitrogen and oxygen atoms in total. The standard InChI is InChI=1S/C17H19NO3S/c1-20-14-6-7-16(21-2)13(12-14)5-8-17(19)18-10-9-15-4-3-11-22-15/h3-8,11-12H,9-10H2,1-2H3,(H,18,19)/b8-5+. The zero-order valence-corrected chi connectivity index (χ0v) is 13.5. The minimum Gasteiger partial charge on any atom is -0.497 e. The van der Waals surface area contributed by atoms with Crippen molar-refractivity contribution >= 4 is 23.3 Å². The number of hydrogen-bond acceptors (Lipinski definition) is 4. The second kappa shape index (κ2) is 8.24. The number of amides is 1. The molecular formula is C17H19NO3S. The Hall–Kier alpha value is -2.27. The van der Waals surface area contributed by atoms with E-state index in [1.807, 2.05) is 29.6 Å². The van der Waals surface area contributed by atoms with Crippen LogP contribution in [-0.2, 0) is 11.2 Å². The molecule has 1 aromatic carbocycles. The van der Waals surface area contributed by atoms with E-state index in [1.165, 1.54) is 11.0 Å². The monoisotopic (exact) mass is 317 g/mol. The quantitative estimate of drug-likeness (QED) is 0.798. The molecule has 0 aliphatic carbocycles. The third-order valence-electron chi connectivity index (χ3n) is 3.10. The molecule has 2 rings (SSSR count). The summed E-state index contributed by atoms with van der Waals surface area (Å²) < 4.78 is 10.4. The summed E-state index contributed by atoms with van der Waals surface area (Å²) in [6, 6.07) is 9.53. The first-order valence-corrected chi connectivity index (χ1v) is 7.81. The van der Waals surface area contributed by atoms with Gasteiger partial charge in [-0.3, -0.25) is 4.79 Å². The Balaban J connectivity index is 1.91. The van der Waals surface area contributed by atoms with Crippen molar-refractivity contribution in [1.82, 2.24) is 5.32 Å². The van der Waals surface area contributed by atoms with Gasteiger partial charge >= 0.3 is 0 Å². The van der Waals surface area contributed by atoms with Gasteiger partial charge in [-0.1, -0.05) is 6.07 Å². The average Bonchev–Trinajstić information content (AvgIpc) is 3.06. The highest BCUT2D eigenvalue weighted by molar-refractivity contribution is 7.09. The fourth-order valence-corrected chi connectivity index (χ4v) is 2.67. The lowest BCUT2D eigenvalue weighted by Crippen LogP contribution is -2.23. The van der Waals surface area contributed by atoms with Crippen LogP contribution in [0.3, 0.4) is 0 Å². The summed E-state index contributed by atoms with van der Waals surface area (Å²) in [6.07, 6.45) is 4.08. The predicted molar refractivity (Wildman–Crippen MR) is 89.6 cm³/mol. The number of nitrogens with one attached hydrogen (secondary N) is 1. The van der Waals surface area contributed by atoms with Crippen molar-refractivity contribution in [2.75, 3.05) is 20.8 Å². The molecule has 0 unspecified atom stereocenters. The average molecular weight is 317 g/mol. The van der Waals surface area contributed by atoms with Gasteiger partial charge in [-0.05, 0) is 42.1 Å². The molecule has 0 saturated heterocycles. The van der Waals surface area contributed by atoms with Crippen LogP contribution in [0.5, 0.6) is 11.5 Å². The maximum absolute atomic E-state index is 11.8. The highest BCUT2D eigenvalue weighted by Gasteiger charge is 2.03. The molecule has 5 heteroatoms.